The fourth-order valence-electron chi connectivity index (χ4n) is 2.32. The second-order valence-corrected chi connectivity index (χ2v) is 5.90. The Morgan fingerprint density at radius 3 is 2.81 bits per heavy atom. The zero-order valence-corrected chi connectivity index (χ0v) is 13.8. The maximum absolute atomic E-state index is 12.1. The van der Waals surface area contributed by atoms with Crippen molar-refractivity contribution < 1.29 is 5.11 Å². The summed E-state index contributed by atoms with van der Waals surface area (Å²) in [5.74, 6) is 0. The SMILES string of the molecule is CN(CCN1CCNCC1)c1cnn(CCO)c(=O)c1Br. The van der Waals surface area contributed by atoms with Crippen LogP contribution >= 0.6 is 15.9 Å². The number of aromatic nitrogens is 2. The molecule has 0 aromatic carbocycles. The van der Waals surface area contributed by atoms with Gasteiger partial charge < -0.3 is 15.3 Å². The van der Waals surface area contributed by atoms with Crippen molar-refractivity contribution in [3.05, 3.63) is 21.0 Å². The molecule has 0 atom stereocenters. The van der Waals surface area contributed by atoms with Crippen molar-refractivity contribution in [3.8, 4) is 0 Å². The lowest BCUT2D eigenvalue weighted by Gasteiger charge is -2.29. The van der Waals surface area contributed by atoms with Gasteiger partial charge in [0.05, 0.1) is 25.0 Å². The lowest BCUT2D eigenvalue weighted by Crippen LogP contribution is -2.46. The van der Waals surface area contributed by atoms with Crippen molar-refractivity contribution in [2.24, 2.45) is 0 Å². The van der Waals surface area contributed by atoms with E-state index in [1.54, 1.807) is 6.20 Å². The largest absolute Gasteiger partial charge is 0.394 e. The third-order valence-electron chi connectivity index (χ3n) is 3.65. The summed E-state index contributed by atoms with van der Waals surface area (Å²) in [5.41, 5.74) is 0.569. The van der Waals surface area contributed by atoms with Crippen molar-refractivity contribution >= 4 is 21.6 Å². The van der Waals surface area contributed by atoms with E-state index < -0.39 is 0 Å². The Hall–Kier alpha value is -0.960. The van der Waals surface area contributed by atoms with Gasteiger partial charge in [0, 0.05) is 46.3 Å². The molecule has 1 fully saturated rings. The molecule has 1 aromatic rings. The molecule has 0 saturated carbocycles. The summed E-state index contributed by atoms with van der Waals surface area (Å²) in [6.45, 7) is 6.10. The normalized spacial score (nSPS) is 16.1. The first kappa shape index (κ1) is 16.4. The van der Waals surface area contributed by atoms with Crippen LogP contribution in [0.15, 0.2) is 15.5 Å². The minimum absolute atomic E-state index is 0.0997. The van der Waals surface area contributed by atoms with Gasteiger partial charge in [-0.15, -0.1) is 0 Å². The topological polar surface area (TPSA) is 73.6 Å². The van der Waals surface area contributed by atoms with Crippen LogP contribution in [0.3, 0.4) is 0 Å². The summed E-state index contributed by atoms with van der Waals surface area (Å²) < 4.78 is 1.76. The number of nitrogens with zero attached hydrogens (tertiary/aromatic N) is 4. The second-order valence-electron chi connectivity index (χ2n) is 5.11. The van der Waals surface area contributed by atoms with E-state index in [1.807, 2.05) is 11.9 Å². The van der Waals surface area contributed by atoms with Gasteiger partial charge in [0.15, 0.2) is 0 Å². The van der Waals surface area contributed by atoms with Crippen molar-refractivity contribution in [3.63, 3.8) is 0 Å². The predicted molar refractivity (Wildman–Crippen MR) is 85.9 cm³/mol. The summed E-state index contributed by atoms with van der Waals surface area (Å²) in [6, 6.07) is 0. The zero-order chi connectivity index (χ0) is 15.2. The molecule has 1 aromatic heterocycles. The van der Waals surface area contributed by atoms with E-state index in [1.165, 1.54) is 4.68 Å². The molecule has 1 aliphatic heterocycles. The van der Waals surface area contributed by atoms with Gasteiger partial charge in [-0.25, -0.2) is 4.68 Å². The molecule has 0 amide bonds. The van der Waals surface area contributed by atoms with Crippen LogP contribution in [0, 0.1) is 0 Å². The average molecular weight is 360 g/mol. The first-order valence-corrected chi connectivity index (χ1v) is 7.93. The number of aliphatic hydroxyl groups excluding tert-OH is 1. The van der Waals surface area contributed by atoms with Crippen molar-refractivity contribution in [1.82, 2.24) is 20.0 Å². The number of nitrogens with one attached hydrogen (secondary N) is 1. The van der Waals surface area contributed by atoms with Crippen LogP contribution < -0.4 is 15.8 Å². The van der Waals surface area contributed by atoms with Gasteiger partial charge in [-0.3, -0.25) is 9.69 Å². The van der Waals surface area contributed by atoms with Crippen molar-refractivity contribution in [2.45, 2.75) is 6.54 Å². The molecule has 2 heterocycles. The highest BCUT2D eigenvalue weighted by atomic mass is 79.9. The highest BCUT2D eigenvalue weighted by molar-refractivity contribution is 9.10. The fourth-order valence-corrected chi connectivity index (χ4v) is 2.93. The van der Waals surface area contributed by atoms with E-state index in [2.05, 4.69) is 31.2 Å². The minimum atomic E-state index is -0.212. The van der Waals surface area contributed by atoms with E-state index in [0.717, 1.165) is 45.0 Å². The molecule has 0 radical (unpaired) electrons. The summed E-state index contributed by atoms with van der Waals surface area (Å²) in [6.07, 6.45) is 1.67. The number of anilines is 1. The smallest absolute Gasteiger partial charge is 0.283 e. The quantitative estimate of drug-likeness (QED) is 0.702. The number of halogens is 1. The molecule has 2 N–H and O–H groups in total. The molecule has 8 heteroatoms. The lowest BCUT2D eigenvalue weighted by atomic mass is 10.3. The average Bonchev–Trinajstić information content (AvgIpc) is 2.51. The third-order valence-corrected chi connectivity index (χ3v) is 4.40. The number of hydrogen-bond acceptors (Lipinski definition) is 6. The number of hydrogen-bond donors (Lipinski definition) is 2. The summed E-state index contributed by atoms with van der Waals surface area (Å²) in [4.78, 5) is 16.5. The van der Waals surface area contributed by atoms with Crippen LogP contribution in [0.25, 0.3) is 0 Å². The minimum Gasteiger partial charge on any atom is -0.394 e. The number of likely N-dealkylation sites (N-methyl/N-ethyl adjacent to an activating group) is 1. The van der Waals surface area contributed by atoms with E-state index >= 15 is 0 Å². The molecule has 0 spiro atoms. The van der Waals surface area contributed by atoms with E-state index in [9.17, 15) is 4.79 Å². The maximum atomic E-state index is 12.1. The molecule has 0 bridgehead atoms. The third kappa shape index (κ3) is 4.26. The Bertz CT molecular complexity index is 516. The maximum Gasteiger partial charge on any atom is 0.283 e. The van der Waals surface area contributed by atoms with Gasteiger partial charge in [0.25, 0.3) is 5.56 Å². The van der Waals surface area contributed by atoms with Gasteiger partial charge in [-0.1, -0.05) is 0 Å². The Morgan fingerprint density at radius 2 is 2.14 bits per heavy atom. The van der Waals surface area contributed by atoms with E-state index in [4.69, 9.17) is 5.11 Å². The standard InChI is InChI=1S/C13H22BrN5O2/c1-17(6-7-18-4-2-15-3-5-18)11-10-16-19(8-9-20)13(21)12(11)14/h10,15,20H,2-9H2,1H3. The Balaban J connectivity index is 2.00. The number of rotatable bonds is 6. The summed E-state index contributed by atoms with van der Waals surface area (Å²) >= 11 is 3.35. The summed E-state index contributed by atoms with van der Waals surface area (Å²) in [5, 5.41) is 16.3. The molecule has 1 saturated heterocycles. The second kappa shape index (κ2) is 7.88. The lowest BCUT2D eigenvalue weighted by molar-refractivity contribution is 0.246. The predicted octanol–water partition coefficient (Wildman–Crippen LogP) is -0.660. The van der Waals surface area contributed by atoms with Crippen LogP contribution in [0.1, 0.15) is 0 Å². The number of aliphatic hydroxyl groups is 1. The van der Waals surface area contributed by atoms with Crippen molar-refractivity contribution in [2.75, 3.05) is 57.8 Å². The fraction of sp³-hybridized carbons (Fsp3) is 0.692. The van der Waals surface area contributed by atoms with Gasteiger partial charge in [0.1, 0.15) is 4.47 Å². The molecule has 7 nitrogen and oxygen atoms in total. The first-order chi connectivity index (χ1) is 10.1. The van der Waals surface area contributed by atoms with Gasteiger partial charge in [-0.05, 0) is 15.9 Å². The van der Waals surface area contributed by atoms with Gasteiger partial charge in [0.2, 0.25) is 0 Å². The van der Waals surface area contributed by atoms with Crippen molar-refractivity contribution in [1.29, 1.82) is 0 Å². The van der Waals surface area contributed by atoms with Crippen LogP contribution in [0.5, 0.6) is 0 Å². The Labute approximate surface area is 132 Å². The van der Waals surface area contributed by atoms with E-state index in [0.29, 0.717) is 4.47 Å². The first-order valence-electron chi connectivity index (χ1n) is 7.14. The molecule has 0 unspecified atom stereocenters. The zero-order valence-electron chi connectivity index (χ0n) is 12.3. The van der Waals surface area contributed by atoms with Gasteiger partial charge in [-0.2, -0.15) is 5.10 Å². The molecule has 118 valence electrons. The van der Waals surface area contributed by atoms with Crippen LogP contribution in [0.2, 0.25) is 0 Å². The van der Waals surface area contributed by atoms with Gasteiger partial charge >= 0.3 is 0 Å². The number of piperazine rings is 1. The molecule has 21 heavy (non-hydrogen) atoms. The Morgan fingerprint density at radius 1 is 1.43 bits per heavy atom. The summed E-state index contributed by atoms with van der Waals surface area (Å²) in [7, 11) is 1.96. The van der Waals surface area contributed by atoms with E-state index in [-0.39, 0.29) is 18.7 Å². The van der Waals surface area contributed by atoms with Crippen LogP contribution in [-0.2, 0) is 6.54 Å². The molecule has 0 aliphatic carbocycles. The van der Waals surface area contributed by atoms with Crippen LogP contribution in [0.4, 0.5) is 5.69 Å². The molecular weight excluding hydrogens is 338 g/mol. The van der Waals surface area contributed by atoms with Crippen LogP contribution in [-0.4, -0.2) is 72.7 Å². The molecular formula is C13H22BrN5O2. The monoisotopic (exact) mass is 359 g/mol. The molecule has 2 rings (SSSR count). The highest BCUT2D eigenvalue weighted by Crippen LogP contribution is 2.19. The molecule has 1 aliphatic rings. The highest BCUT2D eigenvalue weighted by Gasteiger charge is 2.14. The Kier molecular flexibility index (Phi) is 6.16.